The van der Waals surface area contributed by atoms with E-state index in [0.29, 0.717) is 0 Å². The molecule has 0 atom stereocenters. The number of hydrogen-bond acceptors (Lipinski definition) is 2. The van der Waals surface area contributed by atoms with E-state index in [1.165, 1.54) is 5.70 Å². The molecular weight excluding hydrogens is 102 g/mol. The number of rotatable bonds is 0. The monoisotopic (exact) mass is 113 g/mol. The van der Waals surface area contributed by atoms with Gasteiger partial charge in [0.2, 0.25) is 0 Å². The molecule has 1 aliphatic rings. The van der Waals surface area contributed by atoms with Crippen LogP contribution in [0, 0.1) is 0 Å². The summed E-state index contributed by atoms with van der Waals surface area (Å²) in [5, 5.41) is 3.18. The van der Waals surface area contributed by atoms with E-state index in [2.05, 4.69) is 12.2 Å². The molecule has 0 aromatic rings. The van der Waals surface area contributed by atoms with Gasteiger partial charge in [-0.1, -0.05) is 0 Å². The predicted octanol–water partition coefficient (Wildman–Crippen LogP) is 0.510. The maximum Gasteiger partial charge on any atom is 0.0667 e. The molecule has 1 N–H and O–H groups in total. The van der Waals surface area contributed by atoms with E-state index in [4.69, 9.17) is 4.74 Å². The Morgan fingerprint density at radius 2 is 2.62 bits per heavy atom. The molecule has 2 heteroatoms. The first kappa shape index (κ1) is 5.63. The fourth-order valence-electron chi connectivity index (χ4n) is 0.660. The molecule has 0 saturated heterocycles. The Morgan fingerprint density at radius 3 is 3.50 bits per heavy atom. The summed E-state index contributed by atoms with van der Waals surface area (Å²) in [6.45, 7) is 4.59. The van der Waals surface area contributed by atoms with Crippen molar-refractivity contribution in [2.75, 3.05) is 19.8 Å². The van der Waals surface area contributed by atoms with E-state index >= 15 is 0 Å². The minimum Gasteiger partial charge on any atom is -0.386 e. The quantitative estimate of drug-likeness (QED) is 0.494. The minimum absolute atomic E-state index is 0.763. The third-order valence-corrected chi connectivity index (χ3v) is 1.16. The number of allylic oxidation sites excluding steroid dienone is 1. The minimum atomic E-state index is 0.763. The lowest BCUT2D eigenvalue weighted by atomic mass is 10.4. The van der Waals surface area contributed by atoms with Crippen LogP contribution in [0.5, 0.6) is 0 Å². The predicted molar refractivity (Wildman–Crippen MR) is 32.6 cm³/mol. The zero-order chi connectivity index (χ0) is 5.82. The molecule has 0 unspecified atom stereocenters. The maximum atomic E-state index is 5.13. The molecule has 8 heavy (non-hydrogen) atoms. The highest BCUT2D eigenvalue weighted by Gasteiger charge is 1.92. The topological polar surface area (TPSA) is 21.3 Å². The second-order valence-corrected chi connectivity index (χ2v) is 1.89. The molecule has 1 rings (SSSR count). The zero-order valence-electron chi connectivity index (χ0n) is 5.11. The van der Waals surface area contributed by atoms with Gasteiger partial charge in [-0.3, -0.25) is 0 Å². The Kier molecular flexibility index (Phi) is 1.92. The fraction of sp³-hybridized carbons (Fsp3) is 0.667. The van der Waals surface area contributed by atoms with E-state index in [1.807, 2.05) is 6.08 Å². The van der Waals surface area contributed by atoms with Crippen LogP contribution in [-0.2, 0) is 4.74 Å². The van der Waals surface area contributed by atoms with Crippen molar-refractivity contribution in [1.82, 2.24) is 5.32 Å². The van der Waals surface area contributed by atoms with Crippen LogP contribution in [0.15, 0.2) is 11.8 Å². The van der Waals surface area contributed by atoms with Gasteiger partial charge in [-0.25, -0.2) is 0 Å². The van der Waals surface area contributed by atoms with Crippen LogP contribution in [0.1, 0.15) is 6.92 Å². The molecule has 0 aromatic carbocycles. The molecule has 0 saturated carbocycles. The normalized spacial score (nSPS) is 20.9. The Hall–Kier alpha value is -0.500. The van der Waals surface area contributed by atoms with Gasteiger partial charge in [0.25, 0.3) is 0 Å². The Bertz CT molecular complexity index is 98.7. The molecule has 0 spiro atoms. The standard InChI is InChI=1S/C6H11NO/c1-6-2-4-8-5-3-7-6/h2,7H,3-5H2,1H3. The van der Waals surface area contributed by atoms with Gasteiger partial charge in [-0.15, -0.1) is 0 Å². The SMILES string of the molecule is CC1=CCOCCN1. The highest BCUT2D eigenvalue weighted by Crippen LogP contribution is 1.90. The lowest BCUT2D eigenvalue weighted by Crippen LogP contribution is -2.13. The van der Waals surface area contributed by atoms with Crippen molar-refractivity contribution in [3.63, 3.8) is 0 Å². The Labute approximate surface area is 49.5 Å². The van der Waals surface area contributed by atoms with Gasteiger partial charge >= 0.3 is 0 Å². The van der Waals surface area contributed by atoms with Crippen LogP contribution in [-0.4, -0.2) is 19.8 Å². The van der Waals surface area contributed by atoms with Crippen molar-refractivity contribution in [2.24, 2.45) is 0 Å². The largest absolute Gasteiger partial charge is 0.386 e. The molecule has 0 aliphatic carbocycles. The summed E-state index contributed by atoms with van der Waals surface area (Å²) < 4.78 is 5.13. The van der Waals surface area contributed by atoms with E-state index in [0.717, 1.165) is 19.8 Å². The molecule has 46 valence electrons. The van der Waals surface area contributed by atoms with Crippen molar-refractivity contribution in [2.45, 2.75) is 6.92 Å². The summed E-state index contributed by atoms with van der Waals surface area (Å²) in [7, 11) is 0. The van der Waals surface area contributed by atoms with E-state index in [1.54, 1.807) is 0 Å². The smallest absolute Gasteiger partial charge is 0.0667 e. The number of ether oxygens (including phenoxy) is 1. The number of nitrogens with one attached hydrogen (secondary N) is 1. The molecule has 0 bridgehead atoms. The van der Waals surface area contributed by atoms with E-state index in [-0.39, 0.29) is 0 Å². The van der Waals surface area contributed by atoms with Gasteiger partial charge in [-0.05, 0) is 13.0 Å². The van der Waals surface area contributed by atoms with Crippen molar-refractivity contribution in [1.29, 1.82) is 0 Å². The first-order valence-electron chi connectivity index (χ1n) is 2.88. The average molecular weight is 113 g/mol. The molecule has 0 fully saturated rings. The van der Waals surface area contributed by atoms with Crippen molar-refractivity contribution in [3.8, 4) is 0 Å². The second-order valence-electron chi connectivity index (χ2n) is 1.89. The third-order valence-electron chi connectivity index (χ3n) is 1.16. The Balaban J connectivity index is 2.36. The van der Waals surface area contributed by atoms with E-state index in [9.17, 15) is 0 Å². The van der Waals surface area contributed by atoms with Gasteiger partial charge in [0.15, 0.2) is 0 Å². The third kappa shape index (κ3) is 1.54. The van der Waals surface area contributed by atoms with Crippen LogP contribution in [0.25, 0.3) is 0 Å². The Morgan fingerprint density at radius 1 is 1.75 bits per heavy atom. The van der Waals surface area contributed by atoms with Gasteiger partial charge in [0.1, 0.15) is 0 Å². The molecule has 0 radical (unpaired) electrons. The summed E-state index contributed by atoms with van der Waals surface area (Å²) >= 11 is 0. The van der Waals surface area contributed by atoms with Crippen LogP contribution < -0.4 is 5.32 Å². The summed E-state index contributed by atoms with van der Waals surface area (Å²) in [5.41, 5.74) is 1.22. The molecule has 0 aromatic heterocycles. The molecule has 1 heterocycles. The van der Waals surface area contributed by atoms with Crippen molar-refractivity contribution < 1.29 is 4.74 Å². The lowest BCUT2D eigenvalue weighted by molar-refractivity contribution is 0.172. The van der Waals surface area contributed by atoms with Crippen LogP contribution in [0.2, 0.25) is 0 Å². The van der Waals surface area contributed by atoms with Crippen LogP contribution in [0.4, 0.5) is 0 Å². The summed E-state index contributed by atoms with van der Waals surface area (Å²) in [6.07, 6.45) is 2.05. The highest BCUT2D eigenvalue weighted by molar-refractivity contribution is 4.96. The second kappa shape index (κ2) is 2.72. The molecule has 1 aliphatic heterocycles. The van der Waals surface area contributed by atoms with Crippen molar-refractivity contribution >= 4 is 0 Å². The van der Waals surface area contributed by atoms with Gasteiger partial charge < -0.3 is 10.1 Å². The summed E-state index contributed by atoms with van der Waals surface area (Å²) in [6, 6.07) is 0. The van der Waals surface area contributed by atoms with Gasteiger partial charge in [-0.2, -0.15) is 0 Å². The van der Waals surface area contributed by atoms with Gasteiger partial charge in [0, 0.05) is 12.2 Å². The zero-order valence-corrected chi connectivity index (χ0v) is 5.11. The lowest BCUT2D eigenvalue weighted by Gasteiger charge is -1.98. The van der Waals surface area contributed by atoms with Crippen LogP contribution >= 0.6 is 0 Å². The molecule has 0 amide bonds. The highest BCUT2D eigenvalue weighted by atomic mass is 16.5. The molecule has 2 nitrogen and oxygen atoms in total. The van der Waals surface area contributed by atoms with E-state index < -0.39 is 0 Å². The summed E-state index contributed by atoms with van der Waals surface area (Å²) in [5.74, 6) is 0. The maximum absolute atomic E-state index is 5.13. The number of hydrogen-bond donors (Lipinski definition) is 1. The molecular formula is C6H11NO. The van der Waals surface area contributed by atoms with Crippen molar-refractivity contribution in [3.05, 3.63) is 11.8 Å². The van der Waals surface area contributed by atoms with Crippen LogP contribution in [0.3, 0.4) is 0 Å². The average Bonchev–Trinajstić information content (AvgIpc) is 1.94. The first-order chi connectivity index (χ1) is 3.89. The van der Waals surface area contributed by atoms with Gasteiger partial charge in [0.05, 0.1) is 13.2 Å². The summed E-state index contributed by atoms with van der Waals surface area (Å²) in [4.78, 5) is 0. The fourth-order valence-corrected chi connectivity index (χ4v) is 0.660. The first-order valence-corrected chi connectivity index (χ1v) is 2.88.